The van der Waals surface area contributed by atoms with Crippen LogP contribution >= 0.6 is 11.8 Å². The molecule has 2 N–H and O–H groups in total. The number of hydrogen-bond donors (Lipinski definition) is 2. The summed E-state index contributed by atoms with van der Waals surface area (Å²) in [6.07, 6.45) is 0.738. The van der Waals surface area contributed by atoms with Crippen LogP contribution in [0, 0.1) is 5.82 Å². The minimum absolute atomic E-state index is 0.157. The number of halogens is 1. The highest BCUT2D eigenvalue weighted by atomic mass is 32.2. The molecular formula is C12H18FNOS. The third kappa shape index (κ3) is 4.12. The third-order valence-corrected chi connectivity index (χ3v) is 3.37. The van der Waals surface area contributed by atoms with E-state index in [-0.39, 0.29) is 12.4 Å². The van der Waals surface area contributed by atoms with Crippen molar-refractivity contribution in [2.24, 2.45) is 0 Å². The number of hydrogen-bond acceptors (Lipinski definition) is 3. The van der Waals surface area contributed by atoms with Crippen LogP contribution in [0.3, 0.4) is 0 Å². The average molecular weight is 243 g/mol. The summed E-state index contributed by atoms with van der Waals surface area (Å²) in [4.78, 5) is 0.967. The summed E-state index contributed by atoms with van der Waals surface area (Å²) < 4.78 is 13.6. The molecule has 0 amide bonds. The Labute approximate surface area is 100 Å². The highest BCUT2D eigenvalue weighted by Crippen LogP contribution is 2.25. The molecule has 1 aromatic carbocycles. The molecule has 16 heavy (non-hydrogen) atoms. The lowest BCUT2D eigenvalue weighted by Gasteiger charge is -2.10. The molecule has 1 aromatic rings. The van der Waals surface area contributed by atoms with Gasteiger partial charge in [0.05, 0.1) is 0 Å². The van der Waals surface area contributed by atoms with Crippen molar-refractivity contribution in [1.29, 1.82) is 0 Å². The highest BCUT2D eigenvalue weighted by molar-refractivity contribution is 7.99. The van der Waals surface area contributed by atoms with E-state index in [1.807, 2.05) is 13.0 Å². The molecule has 0 spiro atoms. The van der Waals surface area contributed by atoms with E-state index in [0.717, 1.165) is 29.2 Å². The molecule has 0 saturated carbocycles. The van der Waals surface area contributed by atoms with Gasteiger partial charge in [-0.25, -0.2) is 4.39 Å². The van der Waals surface area contributed by atoms with Gasteiger partial charge in [0.25, 0.3) is 0 Å². The molecule has 0 unspecified atom stereocenters. The molecule has 2 nitrogen and oxygen atoms in total. The van der Waals surface area contributed by atoms with Crippen LogP contribution in [0.4, 0.5) is 4.39 Å². The Balaban J connectivity index is 2.68. The van der Waals surface area contributed by atoms with Gasteiger partial charge in [0.1, 0.15) is 5.82 Å². The Hall–Kier alpha value is -0.580. The van der Waals surface area contributed by atoms with Gasteiger partial charge in [-0.05, 0) is 25.1 Å². The molecular weight excluding hydrogens is 225 g/mol. The summed E-state index contributed by atoms with van der Waals surface area (Å²) in [5.74, 6) is 0.661. The van der Waals surface area contributed by atoms with E-state index in [0.29, 0.717) is 6.54 Å². The van der Waals surface area contributed by atoms with Crippen LogP contribution in [0.5, 0.6) is 0 Å². The van der Waals surface area contributed by atoms with Gasteiger partial charge < -0.3 is 10.4 Å². The van der Waals surface area contributed by atoms with E-state index in [1.54, 1.807) is 17.8 Å². The zero-order valence-electron chi connectivity index (χ0n) is 9.50. The number of rotatable bonds is 7. The molecule has 4 heteroatoms. The molecule has 0 radical (unpaired) electrons. The molecule has 1 rings (SSSR count). The first-order chi connectivity index (χ1) is 7.79. The summed E-state index contributed by atoms with van der Waals surface area (Å²) >= 11 is 1.60. The lowest BCUT2D eigenvalue weighted by Crippen LogP contribution is -2.13. The Morgan fingerprint density at radius 1 is 1.44 bits per heavy atom. The fourth-order valence-electron chi connectivity index (χ4n) is 1.34. The van der Waals surface area contributed by atoms with Gasteiger partial charge in [0.15, 0.2) is 0 Å². The molecule has 0 aliphatic heterocycles. The quantitative estimate of drug-likeness (QED) is 0.570. The van der Waals surface area contributed by atoms with Gasteiger partial charge in [-0.3, -0.25) is 0 Å². The standard InChI is InChI=1S/C12H18FNOS/c1-2-14-9-10-11(13)5-3-6-12(10)16-8-4-7-15/h3,5-6,14-15H,2,4,7-9H2,1H3. The molecule has 0 atom stereocenters. The Morgan fingerprint density at radius 3 is 2.94 bits per heavy atom. The van der Waals surface area contributed by atoms with Gasteiger partial charge in [-0.15, -0.1) is 11.8 Å². The van der Waals surface area contributed by atoms with Crippen molar-refractivity contribution in [2.45, 2.75) is 24.8 Å². The fourth-order valence-corrected chi connectivity index (χ4v) is 2.35. The summed E-state index contributed by atoms with van der Waals surface area (Å²) in [6, 6.07) is 5.15. The molecule has 90 valence electrons. The van der Waals surface area contributed by atoms with E-state index in [9.17, 15) is 4.39 Å². The number of aliphatic hydroxyl groups is 1. The van der Waals surface area contributed by atoms with Crippen molar-refractivity contribution in [2.75, 3.05) is 18.9 Å². The normalized spacial score (nSPS) is 10.7. The van der Waals surface area contributed by atoms with Crippen molar-refractivity contribution < 1.29 is 9.50 Å². The molecule has 0 bridgehead atoms. The van der Waals surface area contributed by atoms with Gasteiger partial charge >= 0.3 is 0 Å². The maximum atomic E-state index is 13.6. The van der Waals surface area contributed by atoms with Crippen LogP contribution in [-0.2, 0) is 6.54 Å². The van der Waals surface area contributed by atoms with E-state index in [1.165, 1.54) is 6.07 Å². The lowest BCUT2D eigenvalue weighted by atomic mass is 10.2. The van der Waals surface area contributed by atoms with Crippen LogP contribution in [0.15, 0.2) is 23.1 Å². The van der Waals surface area contributed by atoms with Crippen LogP contribution in [0.2, 0.25) is 0 Å². The van der Waals surface area contributed by atoms with Crippen LogP contribution < -0.4 is 5.32 Å². The molecule has 0 aliphatic carbocycles. The van der Waals surface area contributed by atoms with Crippen LogP contribution in [0.1, 0.15) is 18.9 Å². The maximum Gasteiger partial charge on any atom is 0.128 e. The van der Waals surface area contributed by atoms with Gasteiger partial charge in [0.2, 0.25) is 0 Å². The van der Waals surface area contributed by atoms with Crippen LogP contribution in [0.25, 0.3) is 0 Å². The lowest BCUT2D eigenvalue weighted by molar-refractivity contribution is 0.296. The predicted octanol–water partition coefficient (Wildman–Crippen LogP) is 2.41. The second-order valence-electron chi connectivity index (χ2n) is 3.42. The maximum absolute atomic E-state index is 13.6. The number of thioether (sulfide) groups is 1. The van der Waals surface area contributed by atoms with Crippen molar-refractivity contribution >= 4 is 11.8 Å². The molecule has 0 heterocycles. The van der Waals surface area contributed by atoms with Crippen molar-refractivity contribution in [3.63, 3.8) is 0 Å². The minimum Gasteiger partial charge on any atom is -0.396 e. The van der Waals surface area contributed by atoms with Gasteiger partial charge in [-0.1, -0.05) is 13.0 Å². The van der Waals surface area contributed by atoms with Gasteiger partial charge in [0, 0.05) is 29.4 Å². The van der Waals surface area contributed by atoms with E-state index >= 15 is 0 Å². The van der Waals surface area contributed by atoms with Gasteiger partial charge in [-0.2, -0.15) is 0 Å². The van der Waals surface area contributed by atoms with E-state index < -0.39 is 0 Å². The topological polar surface area (TPSA) is 32.3 Å². The zero-order valence-corrected chi connectivity index (χ0v) is 10.3. The summed E-state index contributed by atoms with van der Waals surface area (Å²) in [7, 11) is 0. The summed E-state index contributed by atoms with van der Waals surface area (Å²) in [5, 5.41) is 11.8. The molecule has 0 aromatic heterocycles. The molecule has 0 saturated heterocycles. The monoisotopic (exact) mass is 243 g/mol. The second kappa shape index (κ2) is 7.65. The van der Waals surface area contributed by atoms with E-state index in [4.69, 9.17) is 5.11 Å². The van der Waals surface area contributed by atoms with Crippen molar-refractivity contribution in [3.8, 4) is 0 Å². The SMILES string of the molecule is CCNCc1c(F)cccc1SCCCO. The smallest absolute Gasteiger partial charge is 0.128 e. The first kappa shape index (κ1) is 13.5. The number of benzene rings is 1. The third-order valence-electron chi connectivity index (χ3n) is 2.19. The summed E-state index contributed by atoms with van der Waals surface area (Å²) in [6.45, 7) is 3.57. The van der Waals surface area contributed by atoms with E-state index in [2.05, 4.69) is 5.32 Å². The Kier molecular flexibility index (Phi) is 6.45. The molecule has 0 fully saturated rings. The first-order valence-electron chi connectivity index (χ1n) is 5.51. The largest absolute Gasteiger partial charge is 0.396 e. The zero-order chi connectivity index (χ0) is 11.8. The summed E-state index contributed by atoms with van der Waals surface area (Å²) in [5.41, 5.74) is 0.729. The minimum atomic E-state index is -0.157. The second-order valence-corrected chi connectivity index (χ2v) is 4.56. The highest BCUT2D eigenvalue weighted by Gasteiger charge is 2.07. The van der Waals surface area contributed by atoms with Crippen molar-refractivity contribution in [1.82, 2.24) is 5.32 Å². The molecule has 0 aliphatic rings. The Bertz CT molecular complexity index is 320. The first-order valence-corrected chi connectivity index (χ1v) is 6.50. The van der Waals surface area contributed by atoms with Crippen molar-refractivity contribution in [3.05, 3.63) is 29.6 Å². The Morgan fingerprint density at radius 2 is 2.25 bits per heavy atom. The van der Waals surface area contributed by atoms with Crippen LogP contribution in [-0.4, -0.2) is 24.0 Å². The number of aliphatic hydroxyl groups excluding tert-OH is 1. The average Bonchev–Trinajstić information content (AvgIpc) is 2.28. The fraction of sp³-hybridized carbons (Fsp3) is 0.500. The number of nitrogens with one attached hydrogen (secondary N) is 1. The predicted molar refractivity (Wildman–Crippen MR) is 66.2 cm³/mol.